The summed E-state index contributed by atoms with van der Waals surface area (Å²) in [6.07, 6.45) is 0. The third-order valence-electron chi connectivity index (χ3n) is 1.25. The highest BCUT2D eigenvalue weighted by Crippen LogP contribution is 2.25. The lowest BCUT2D eigenvalue weighted by Crippen LogP contribution is -2.42. The fourth-order valence-electron chi connectivity index (χ4n) is 0.845. The van der Waals surface area contributed by atoms with Crippen molar-refractivity contribution in [2.24, 2.45) is 0 Å². The zero-order valence-electron chi connectivity index (χ0n) is 5.46. The van der Waals surface area contributed by atoms with Crippen LogP contribution in [-0.4, -0.2) is 16.1 Å². The molecule has 1 heterocycles. The van der Waals surface area contributed by atoms with Crippen LogP contribution in [0.15, 0.2) is 0 Å². The standard InChI is InChI=1S/C5H10BrClN2/c1-4(2)3-8-5(6,7)9-4/h8-9H,3H2,1-2H3. The minimum absolute atomic E-state index is 0.0885. The molecule has 1 saturated heterocycles. The van der Waals surface area contributed by atoms with Crippen molar-refractivity contribution in [2.75, 3.05) is 6.54 Å². The lowest BCUT2D eigenvalue weighted by molar-refractivity contribution is 0.471. The van der Waals surface area contributed by atoms with Gasteiger partial charge in [0.15, 0.2) is 0 Å². The molecular formula is C5H10BrClN2. The Morgan fingerprint density at radius 3 is 2.22 bits per heavy atom. The highest BCUT2D eigenvalue weighted by molar-refractivity contribution is 9.10. The third-order valence-corrected chi connectivity index (χ3v) is 1.95. The van der Waals surface area contributed by atoms with E-state index in [1.165, 1.54) is 0 Å². The zero-order valence-corrected chi connectivity index (χ0v) is 7.80. The first-order chi connectivity index (χ1) is 3.91. The van der Waals surface area contributed by atoms with Gasteiger partial charge in [0, 0.05) is 12.1 Å². The van der Waals surface area contributed by atoms with E-state index >= 15 is 0 Å². The molecule has 0 spiro atoms. The third kappa shape index (κ3) is 2.08. The van der Waals surface area contributed by atoms with E-state index < -0.39 is 4.03 Å². The van der Waals surface area contributed by atoms with E-state index in [1.54, 1.807) is 0 Å². The number of halogens is 2. The van der Waals surface area contributed by atoms with Gasteiger partial charge in [0.2, 0.25) is 4.03 Å². The van der Waals surface area contributed by atoms with Gasteiger partial charge >= 0.3 is 0 Å². The molecule has 2 N–H and O–H groups in total. The number of alkyl halides is 2. The lowest BCUT2D eigenvalue weighted by atomic mass is 10.1. The maximum atomic E-state index is 5.85. The lowest BCUT2D eigenvalue weighted by Gasteiger charge is -2.19. The molecule has 1 rings (SSSR count). The summed E-state index contributed by atoms with van der Waals surface area (Å²) in [4.78, 5) is 0. The van der Waals surface area contributed by atoms with Crippen LogP contribution in [0.2, 0.25) is 0 Å². The van der Waals surface area contributed by atoms with E-state index in [2.05, 4.69) is 40.4 Å². The molecule has 0 aliphatic carbocycles. The summed E-state index contributed by atoms with van der Waals surface area (Å²) < 4.78 is -0.587. The molecule has 0 amide bonds. The van der Waals surface area contributed by atoms with Gasteiger partial charge in [-0.25, -0.2) is 0 Å². The van der Waals surface area contributed by atoms with Crippen LogP contribution in [0.5, 0.6) is 0 Å². The van der Waals surface area contributed by atoms with Crippen molar-refractivity contribution in [3.8, 4) is 0 Å². The van der Waals surface area contributed by atoms with Gasteiger partial charge in [-0.05, 0) is 29.8 Å². The fraction of sp³-hybridized carbons (Fsp3) is 1.00. The van der Waals surface area contributed by atoms with E-state index in [4.69, 9.17) is 11.6 Å². The monoisotopic (exact) mass is 212 g/mol. The van der Waals surface area contributed by atoms with Gasteiger partial charge in [0.05, 0.1) is 0 Å². The molecule has 0 aromatic carbocycles. The molecule has 0 radical (unpaired) electrons. The Labute approximate surface area is 68.5 Å². The average Bonchev–Trinajstić information content (AvgIpc) is 1.78. The zero-order chi connectivity index (χ0) is 7.12. The number of hydrogen-bond acceptors (Lipinski definition) is 2. The highest BCUT2D eigenvalue weighted by Gasteiger charge is 2.38. The van der Waals surface area contributed by atoms with Crippen LogP contribution in [0, 0.1) is 0 Å². The molecule has 1 fully saturated rings. The first-order valence-electron chi connectivity index (χ1n) is 2.84. The van der Waals surface area contributed by atoms with E-state index in [0.717, 1.165) is 6.54 Å². The molecule has 0 saturated carbocycles. The predicted molar refractivity (Wildman–Crippen MR) is 42.7 cm³/mol. The molecule has 2 nitrogen and oxygen atoms in total. The molecule has 1 unspecified atom stereocenters. The van der Waals surface area contributed by atoms with Crippen LogP contribution in [-0.2, 0) is 0 Å². The number of hydrogen-bond donors (Lipinski definition) is 2. The summed E-state index contributed by atoms with van der Waals surface area (Å²) in [5.74, 6) is 0. The van der Waals surface area contributed by atoms with Gasteiger partial charge in [-0.15, -0.1) is 0 Å². The normalized spacial score (nSPS) is 41.3. The average molecular weight is 214 g/mol. The van der Waals surface area contributed by atoms with Gasteiger partial charge in [-0.2, -0.15) is 0 Å². The summed E-state index contributed by atoms with van der Waals surface area (Å²) in [6.45, 7) is 5.05. The van der Waals surface area contributed by atoms with Gasteiger partial charge in [0.25, 0.3) is 0 Å². The SMILES string of the molecule is CC1(C)CNC(Cl)(Br)N1. The van der Waals surface area contributed by atoms with Gasteiger partial charge < -0.3 is 0 Å². The summed E-state index contributed by atoms with van der Waals surface area (Å²) in [5, 5.41) is 6.20. The van der Waals surface area contributed by atoms with Crippen molar-refractivity contribution in [3.05, 3.63) is 0 Å². The van der Waals surface area contributed by atoms with Crippen molar-refractivity contribution in [1.29, 1.82) is 0 Å². The second kappa shape index (κ2) is 2.09. The largest absolute Gasteiger partial charge is 0.275 e. The first kappa shape index (κ1) is 7.79. The summed E-state index contributed by atoms with van der Waals surface area (Å²) in [7, 11) is 0. The summed E-state index contributed by atoms with van der Waals surface area (Å²) in [6, 6.07) is 0. The van der Waals surface area contributed by atoms with Crippen molar-refractivity contribution in [3.63, 3.8) is 0 Å². The quantitative estimate of drug-likeness (QED) is 0.467. The maximum absolute atomic E-state index is 5.85. The number of rotatable bonds is 0. The van der Waals surface area contributed by atoms with Crippen molar-refractivity contribution < 1.29 is 0 Å². The second-order valence-electron chi connectivity index (χ2n) is 2.94. The van der Waals surface area contributed by atoms with Crippen molar-refractivity contribution >= 4 is 27.5 Å². The molecule has 1 aliphatic heterocycles. The fourth-order valence-corrected chi connectivity index (χ4v) is 1.84. The Kier molecular flexibility index (Phi) is 1.81. The van der Waals surface area contributed by atoms with Crippen LogP contribution >= 0.6 is 27.5 Å². The van der Waals surface area contributed by atoms with Crippen LogP contribution in [0.1, 0.15) is 13.8 Å². The highest BCUT2D eigenvalue weighted by atomic mass is 79.9. The van der Waals surface area contributed by atoms with Crippen molar-refractivity contribution in [1.82, 2.24) is 10.6 Å². The van der Waals surface area contributed by atoms with Crippen molar-refractivity contribution in [2.45, 2.75) is 23.4 Å². The van der Waals surface area contributed by atoms with Crippen LogP contribution < -0.4 is 10.6 Å². The van der Waals surface area contributed by atoms with E-state index in [9.17, 15) is 0 Å². The molecule has 0 aromatic heterocycles. The summed E-state index contributed by atoms with van der Waals surface area (Å²) in [5.41, 5.74) is 0.0885. The Morgan fingerprint density at radius 2 is 2.11 bits per heavy atom. The predicted octanol–water partition coefficient (Wildman–Crippen LogP) is 1.20. The smallest absolute Gasteiger partial charge is 0.204 e. The van der Waals surface area contributed by atoms with Crippen LogP contribution in [0.3, 0.4) is 0 Å². The molecule has 0 bridgehead atoms. The second-order valence-corrected chi connectivity index (χ2v) is 5.15. The van der Waals surface area contributed by atoms with E-state index in [-0.39, 0.29) is 5.54 Å². The molecule has 1 aliphatic rings. The number of nitrogens with one attached hydrogen (secondary N) is 2. The van der Waals surface area contributed by atoms with Gasteiger partial charge in [0.1, 0.15) is 0 Å². The molecule has 1 atom stereocenters. The Balaban J connectivity index is 2.58. The minimum atomic E-state index is -0.587. The van der Waals surface area contributed by atoms with E-state index in [0.29, 0.717) is 0 Å². The Hall–Kier alpha value is 0.690. The topological polar surface area (TPSA) is 24.1 Å². The van der Waals surface area contributed by atoms with E-state index in [1.807, 2.05) is 0 Å². The van der Waals surface area contributed by atoms with Crippen LogP contribution in [0.4, 0.5) is 0 Å². The molecule has 4 heteroatoms. The maximum Gasteiger partial charge on any atom is 0.204 e. The molecule has 54 valence electrons. The molecule has 9 heavy (non-hydrogen) atoms. The molecular weight excluding hydrogens is 203 g/mol. The summed E-state index contributed by atoms with van der Waals surface area (Å²) >= 11 is 9.11. The Morgan fingerprint density at radius 1 is 1.56 bits per heavy atom. The first-order valence-corrected chi connectivity index (χ1v) is 4.01. The minimum Gasteiger partial charge on any atom is -0.275 e. The van der Waals surface area contributed by atoms with Crippen LogP contribution in [0.25, 0.3) is 0 Å². The molecule has 0 aromatic rings. The van der Waals surface area contributed by atoms with Gasteiger partial charge in [-0.3, -0.25) is 10.6 Å². The Bertz CT molecular complexity index is 110. The van der Waals surface area contributed by atoms with Gasteiger partial charge in [-0.1, -0.05) is 11.6 Å².